The van der Waals surface area contributed by atoms with E-state index in [4.69, 9.17) is 4.74 Å². The SMILES string of the molecule is O=C(COCC(F)(F)F)N1CCOC[C@@H]1[C@@H]1CCC[C@@H]1O. The molecular weight excluding hydrogens is 291 g/mol. The first-order chi connectivity index (χ1) is 9.88. The van der Waals surface area contributed by atoms with Crippen molar-refractivity contribution in [2.45, 2.75) is 37.6 Å². The summed E-state index contributed by atoms with van der Waals surface area (Å²) in [5.41, 5.74) is 0. The lowest BCUT2D eigenvalue weighted by atomic mass is 9.94. The van der Waals surface area contributed by atoms with Gasteiger partial charge in [-0.1, -0.05) is 6.42 Å². The molecule has 5 nitrogen and oxygen atoms in total. The van der Waals surface area contributed by atoms with Crippen LogP contribution >= 0.6 is 0 Å². The zero-order valence-electron chi connectivity index (χ0n) is 11.6. The largest absolute Gasteiger partial charge is 0.411 e. The van der Waals surface area contributed by atoms with Crippen LogP contribution in [-0.4, -0.2) is 67.2 Å². The third-order valence-electron chi connectivity index (χ3n) is 4.00. The van der Waals surface area contributed by atoms with Crippen LogP contribution in [0.5, 0.6) is 0 Å². The molecule has 0 radical (unpaired) electrons. The molecule has 2 rings (SSSR count). The van der Waals surface area contributed by atoms with Crippen LogP contribution in [0, 0.1) is 5.92 Å². The summed E-state index contributed by atoms with van der Waals surface area (Å²) in [5.74, 6) is -0.552. The van der Waals surface area contributed by atoms with Crippen LogP contribution in [0.2, 0.25) is 0 Å². The molecule has 1 saturated heterocycles. The zero-order valence-corrected chi connectivity index (χ0v) is 11.6. The van der Waals surface area contributed by atoms with Gasteiger partial charge < -0.3 is 19.5 Å². The van der Waals surface area contributed by atoms with Gasteiger partial charge in [0.2, 0.25) is 5.91 Å². The minimum atomic E-state index is -4.44. The lowest BCUT2D eigenvalue weighted by molar-refractivity contribution is -0.180. The number of halogens is 3. The number of nitrogens with zero attached hydrogens (tertiary/aromatic N) is 1. The van der Waals surface area contributed by atoms with E-state index >= 15 is 0 Å². The Hall–Kier alpha value is -0.860. The van der Waals surface area contributed by atoms with Gasteiger partial charge in [-0.25, -0.2) is 0 Å². The van der Waals surface area contributed by atoms with Gasteiger partial charge in [-0.2, -0.15) is 13.2 Å². The van der Waals surface area contributed by atoms with Gasteiger partial charge in [-0.15, -0.1) is 0 Å². The second-order valence-corrected chi connectivity index (χ2v) is 5.50. The Morgan fingerprint density at radius 2 is 2.14 bits per heavy atom. The third-order valence-corrected chi connectivity index (χ3v) is 4.00. The number of ether oxygens (including phenoxy) is 2. The molecule has 0 aromatic rings. The fourth-order valence-electron chi connectivity index (χ4n) is 3.04. The average Bonchev–Trinajstić information content (AvgIpc) is 2.83. The summed E-state index contributed by atoms with van der Waals surface area (Å²) in [6.45, 7) is -1.04. The van der Waals surface area contributed by atoms with Crippen LogP contribution < -0.4 is 0 Å². The predicted molar refractivity (Wildman–Crippen MR) is 66.5 cm³/mol. The van der Waals surface area contributed by atoms with Crippen molar-refractivity contribution in [2.75, 3.05) is 33.0 Å². The molecule has 0 aromatic carbocycles. The summed E-state index contributed by atoms with van der Waals surface area (Å²) in [4.78, 5) is 13.6. The molecule has 21 heavy (non-hydrogen) atoms. The first-order valence-electron chi connectivity index (χ1n) is 7.08. The van der Waals surface area contributed by atoms with E-state index in [0.29, 0.717) is 26.2 Å². The van der Waals surface area contributed by atoms with E-state index < -0.39 is 31.4 Å². The summed E-state index contributed by atoms with van der Waals surface area (Å²) in [6, 6.07) is -0.279. The third kappa shape index (κ3) is 4.55. The second kappa shape index (κ2) is 6.93. The van der Waals surface area contributed by atoms with Crippen molar-refractivity contribution in [3.8, 4) is 0 Å². The summed E-state index contributed by atoms with van der Waals surface area (Å²) in [7, 11) is 0. The molecule has 1 aliphatic carbocycles. The van der Waals surface area contributed by atoms with Crippen LogP contribution in [0.4, 0.5) is 13.2 Å². The Bertz CT molecular complexity index is 364. The maximum Gasteiger partial charge on any atom is 0.411 e. The number of carbonyl (C=O) groups excluding carboxylic acids is 1. The lowest BCUT2D eigenvalue weighted by Crippen LogP contribution is -2.54. The Kier molecular flexibility index (Phi) is 5.45. The Labute approximate surface area is 121 Å². The fourth-order valence-corrected chi connectivity index (χ4v) is 3.04. The van der Waals surface area contributed by atoms with E-state index in [0.717, 1.165) is 12.8 Å². The molecule has 1 amide bonds. The molecule has 8 heteroatoms. The smallest absolute Gasteiger partial charge is 0.393 e. The topological polar surface area (TPSA) is 59.0 Å². The van der Waals surface area contributed by atoms with Gasteiger partial charge in [0.1, 0.15) is 13.2 Å². The van der Waals surface area contributed by atoms with Gasteiger partial charge in [0.05, 0.1) is 25.4 Å². The highest BCUT2D eigenvalue weighted by molar-refractivity contribution is 5.78. The number of hydrogen-bond donors (Lipinski definition) is 1. The van der Waals surface area contributed by atoms with Crippen molar-refractivity contribution in [1.29, 1.82) is 0 Å². The van der Waals surface area contributed by atoms with E-state index in [9.17, 15) is 23.1 Å². The Morgan fingerprint density at radius 1 is 1.38 bits per heavy atom. The number of carbonyl (C=O) groups is 1. The van der Waals surface area contributed by atoms with Crippen molar-refractivity contribution < 1.29 is 32.5 Å². The number of aliphatic hydroxyl groups is 1. The van der Waals surface area contributed by atoms with Crippen LogP contribution in [0.15, 0.2) is 0 Å². The Balaban J connectivity index is 1.90. The van der Waals surface area contributed by atoms with Gasteiger partial charge in [0.25, 0.3) is 0 Å². The maximum absolute atomic E-state index is 12.1. The average molecular weight is 311 g/mol. The molecule has 1 aliphatic heterocycles. The number of alkyl halides is 3. The van der Waals surface area contributed by atoms with Gasteiger partial charge in [0.15, 0.2) is 0 Å². The standard InChI is InChI=1S/C13H20F3NO4/c14-13(15,16)8-21-7-12(19)17-4-5-20-6-10(17)9-2-1-3-11(9)18/h9-11,18H,1-8H2/t9-,10+,11-/m0/s1. The van der Waals surface area contributed by atoms with Crippen molar-refractivity contribution in [2.24, 2.45) is 5.92 Å². The maximum atomic E-state index is 12.1. The molecule has 0 unspecified atom stereocenters. The first kappa shape index (κ1) is 16.5. The van der Waals surface area contributed by atoms with Crippen LogP contribution in [0.3, 0.4) is 0 Å². The Morgan fingerprint density at radius 3 is 2.76 bits per heavy atom. The van der Waals surface area contributed by atoms with Crippen LogP contribution in [0.25, 0.3) is 0 Å². The highest BCUT2D eigenvalue weighted by atomic mass is 19.4. The predicted octanol–water partition coefficient (Wildman–Crippen LogP) is 0.954. The molecule has 2 fully saturated rings. The molecule has 3 atom stereocenters. The minimum absolute atomic E-state index is 0.0723. The van der Waals surface area contributed by atoms with Gasteiger partial charge in [-0.05, 0) is 12.8 Å². The number of hydrogen-bond acceptors (Lipinski definition) is 4. The second-order valence-electron chi connectivity index (χ2n) is 5.50. The van der Waals surface area contributed by atoms with Gasteiger partial charge in [-0.3, -0.25) is 4.79 Å². The van der Waals surface area contributed by atoms with Crippen molar-refractivity contribution in [3.05, 3.63) is 0 Å². The number of amides is 1. The van der Waals surface area contributed by atoms with E-state index in [1.165, 1.54) is 4.90 Å². The molecule has 0 spiro atoms. The van der Waals surface area contributed by atoms with E-state index in [1.54, 1.807) is 0 Å². The summed E-state index contributed by atoms with van der Waals surface area (Å²) < 4.78 is 45.8. The number of morpholine rings is 1. The summed E-state index contributed by atoms with van der Waals surface area (Å²) in [6.07, 6.45) is -2.56. The number of rotatable bonds is 4. The van der Waals surface area contributed by atoms with Crippen molar-refractivity contribution >= 4 is 5.91 Å². The molecule has 0 aromatic heterocycles. The number of aliphatic hydroxyl groups excluding tert-OH is 1. The van der Waals surface area contributed by atoms with E-state index in [1.807, 2.05) is 0 Å². The molecule has 2 aliphatic rings. The normalized spacial score (nSPS) is 30.7. The van der Waals surface area contributed by atoms with Crippen LogP contribution in [0.1, 0.15) is 19.3 Å². The molecule has 122 valence electrons. The summed E-state index contributed by atoms with van der Waals surface area (Å²) in [5, 5.41) is 9.95. The molecular formula is C13H20F3NO4. The molecule has 0 bridgehead atoms. The highest BCUT2D eigenvalue weighted by Gasteiger charge is 2.39. The first-order valence-corrected chi connectivity index (χ1v) is 7.08. The van der Waals surface area contributed by atoms with Crippen LogP contribution in [-0.2, 0) is 14.3 Å². The van der Waals surface area contributed by atoms with E-state index in [2.05, 4.69) is 4.74 Å². The highest BCUT2D eigenvalue weighted by Crippen LogP contribution is 2.32. The summed E-state index contributed by atoms with van der Waals surface area (Å²) >= 11 is 0. The molecule has 1 saturated carbocycles. The zero-order chi connectivity index (χ0) is 15.5. The van der Waals surface area contributed by atoms with Gasteiger partial charge in [0, 0.05) is 12.5 Å². The van der Waals surface area contributed by atoms with Crippen molar-refractivity contribution in [3.63, 3.8) is 0 Å². The minimum Gasteiger partial charge on any atom is -0.393 e. The van der Waals surface area contributed by atoms with E-state index in [-0.39, 0.29) is 12.0 Å². The van der Waals surface area contributed by atoms with Crippen molar-refractivity contribution in [1.82, 2.24) is 4.90 Å². The monoisotopic (exact) mass is 311 g/mol. The molecule has 1 N–H and O–H groups in total. The fraction of sp³-hybridized carbons (Fsp3) is 0.923. The quantitative estimate of drug-likeness (QED) is 0.840. The molecule has 1 heterocycles. The van der Waals surface area contributed by atoms with Gasteiger partial charge >= 0.3 is 6.18 Å². The lowest BCUT2D eigenvalue weighted by Gasteiger charge is -2.40.